The Balaban J connectivity index is 2.20. The highest BCUT2D eigenvalue weighted by Gasteiger charge is 1.99. The topological polar surface area (TPSA) is 23.5 Å². The molecular weight excluding hydrogens is 198 g/mol. The van der Waals surface area contributed by atoms with Crippen molar-refractivity contribution >= 4 is 0 Å². The second kappa shape index (κ2) is 7.42. The Kier molecular flexibility index (Phi) is 6.12. The third-order valence-corrected chi connectivity index (χ3v) is 2.85. The molecule has 0 fully saturated rings. The van der Waals surface area contributed by atoms with Gasteiger partial charge in [0.2, 0.25) is 0 Å². The standard InChI is InChI=1S/C14H23NO/c1-13-5-7-14(8-6-13)9-11-15(2)10-3-4-12-16/h5-8,16H,3-4,9-12H2,1-2H3. The summed E-state index contributed by atoms with van der Waals surface area (Å²) in [4.78, 5) is 2.33. The van der Waals surface area contributed by atoms with Crippen molar-refractivity contribution in [2.45, 2.75) is 26.2 Å². The number of aliphatic hydroxyl groups is 1. The lowest BCUT2D eigenvalue weighted by molar-refractivity contribution is 0.264. The highest BCUT2D eigenvalue weighted by molar-refractivity contribution is 5.21. The highest BCUT2D eigenvalue weighted by atomic mass is 16.2. The molecular formula is C14H23NO. The summed E-state index contributed by atoms with van der Waals surface area (Å²) in [5, 5.41) is 8.69. The number of likely N-dealkylation sites (N-methyl/N-ethyl adjacent to an activating group) is 1. The van der Waals surface area contributed by atoms with Crippen LogP contribution in [0.4, 0.5) is 0 Å². The molecule has 0 bridgehead atoms. The number of hydrogen-bond donors (Lipinski definition) is 1. The molecule has 0 saturated heterocycles. The van der Waals surface area contributed by atoms with Crippen LogP contribution in [0, 0.1) is 6.92 Å². The van der Waals surface area contributed by atoms with Crippen LogP contribution in [-0.4, -0.2) is 36.8 Å². The minimum absolute atomic E-state index is 0.311. The van der Waals surface area contributed by atoms with E-state index in [0.29, 0.717) is 6.61 Å². The van der Waals surface area contributed by atoms with E-state index in [1.54, 1.807) is 0 Å². The van der Waals surface area contributed by atoms with Gasteiger partial charge < -0.3 is 10.0 Å². The monoisotopic (exact) mass is 221 g/mol. The molecule has 1 aromatic rings. The van der Waals surface area contributed by atoms with Gasteiger partial charge in [0.25, 0.3) is 0 Å². The van der Waals surface area contributed by atoms with Gasteiger partial charge in [-0.3, -0.25) is 0 Å². The van der Waals surface area contributed by atoms with Crippen LogP contribution in [-0.2, 0) is 6.42 Å². The molecule has 0 aliphatic carbocycles. The SMILES string of the molecule is Cc1ccc(CCN(C)CCCCO)cc1. The molecule has 0 aliphatic rings. The Hall–Kier alpha value is -0.860. The van der Waals surface area contributed by atoms with Crippen molar-refractivity contribution in [3.05, 3.63) is 35.4 Å². The summed E-state index contributed by atoms with van der Waals surface area (Å²) in [6.45, 7) is 4.59. The van der Waals surface area contributed by atoms with Crippen LogP contribution < -0.4 is 0 Å². The lowest BCUT2D eigenvalue weighted by Gasteiger charge is -2.16. The van der Waals surface area contributed by atoms with Gasteiger partial charge in [-0.25, -0.2) is 0 Å². The maximum absolute atomic E-state index is 8.69. The molecule has 0 heterocycles. The third kappa shape index (κ3) is 5.29. The first kappa shape index (κ1) is 13.2. The predicted octanol–water partition coefficient (Wildman–Crippen LogP) is 2.24. The Morgan fingerprint density at radius 2 is 1.75 bits per heavy atom. The van der Waals surface area contributed by atoms with Gasteiger partial charge in [-0.1, -0.05) is 29.8 Å². The van der Waals surface area contributed by atoms with Crippen LogP contribution in [0.1, 0.15) is 24.0 Å². The van der Waals surface area contributed by atoms with Crippen LogP contribution in [0.2, 0.25) is 0 Å². The van der Waals surface area contributed by atoms with Gasteiger partial charge in [-0.15, -0.1) is 0 Å². The fraction of sp³-hybridized carbons (Fsp3) is 0.571. The molecule has 0 saturated carbocycles. The van der Waals surface area contributed by atoms with Crippen molar-refractivity contribution < 1.29 is 5.11 Å². The molecule has 0 spiro atoms. The summed E-state index contributed by atoms with van der Waals surface area (Å²) in [5.41, 5.74) is 2.72. The summed E-state index contributed by atoms with van der Waals surface area (Å²) >= 11 is 0. The largest absolute Gasteiger partial charge is 0.396 e. The number of unbranched alkanes of at least 4 members (excludes halogenated alkanes) is 1. The second-order valence-electron chi connectivity index (χ2n) is 4.47. The maximum Gasteiger partial charge on any atom is 0.0431 e. The fourth-order valence-electron chi connectivity index (χ4n) is 1.68. The van der Waals surface area contributed by atoms with Crippen molar-refractivity contribution in [2.24, 2.45) is 0 Å². The van der Waals surface area contributed by atoms with E-state index in [4.69, 9.17) is 5.11 Å². The van der Waals surface area contributed by atoms with E-state index >= 15 is 0 Å². The normalized spacial score (nSPS) is 11.0. The number of nitrogens with zero attached hydrogens (tertiary/aromatic N) is 1. The first-order chi connectivity index (χ1) is 7.72. The van der Waals surface area contributed by atoms with Crippen LogP contribution >= 0.6 is 0 Å². The number of aliphatic hydroxyl groups excluding tert-OH is 1. The molecule has 90 valence electrons. The van der Waals surface area contributed by atoms with Crippen molar-refractivity contribution in [2.75, 3.05) is 26.7 Å². The molecule has 0 amide bonds. The molecule has 1 rings (SSSR count). The van der Waals surface area contributed by atoms with Gasteiger partial charge in [0.15, 0.2) is 0 Å². The zero-order chi connectivity index (χ0) is 11.8. The van der Waals surface area contributed by atoms with Gasteiger partial charge in [0, 0.05) is 13.2 Å². The van der Waals surface area contributed by atoms with E-state index in [1.807, 2.05) is 0 Å². The van der Waals surface area contributed by atoms with Crippen molar-refractivity contribution in [3.63, 3.8) is 0 Å². The minimum atomic E-state index is 0.311. The average Bonchev–Trinajstić information content (AvgIpc) is 2.29. The molecule has 0 aromatic heterocycles. The summed E-state index contributed by atoms with van der Waals surface area (Å²) in [6.07, 6.45) is 3.10. The molecule has 2 nitrogen and oxygen atoms in total. The quantitative estimate of drug-likeness (QED) is 0.714. The van der Waals surface area contributed by atoms with Gasteiger partial charge >= 0.3 is 0 Å². The van der Waals surface area contributed by atoms with E-state index in [-0.39, 0.29) is 0 Å². The first-order valence-electron chi connectivity index (χ1n) is 6.07. The highest BCUT2D eigenvalue weighted by Crippen LogP contribution is 2.04. The zero-order valence-electron chi connectivity index (χ0n) is 10.4. The molecule has 0 unspecified atom stereocenters. The van der Waals surface area contributed by atoms with E-state index < -0.39 is 0 Å². The van der Waals surface area contributed by atoms with Gasteiger partial charge in [0.1, 0.15) is 0 Å². The van der Waals surface area contributed by atoms with Gasteiger partial charge in [0.05, 0.1) is 0 Å². The van der Waals surface area contributed by atoms with Crippen LogP contribution in [0.15, 0.2) is 24.3 Å². The molecule has 0 atom stereocenters. The average molecular weight is 221 g/mol. The molecule has 1 aromatic carbocycles. The number of rotatable bonds is 7. The molecule has 0 aliphatic heterocycles. The number of benzene rings is 1. The Morgan fingerprint density at radius 3 is 2.38 bits per heavy atom. The number of aryl methyl sites for hydroxylation is 1. The lowest BCUT2D eigenvalue weighted by atomic mass is 10.1. The predicted molar refractivity (Wildman–Crippen MR) is 68.7 cm³/mol. The molecule has 16 heavy (non-hydrogen) atoms. The van der Waals surface area contributed by atoms with Crippen molar-refractivity contribution in [3.8, 4) is 0 Å². The second-order valence-corrected chi connectivity index (χ2v) is 4.47. The van der Waals surface area contributed by atoms with Crippen molar-refractivity contribution in [1.29, 1.82) is 0 Å². The van der Waals surface area contributed by atoms with Crippen LogP contribution in [0.25, 0.3) is 0 Å². The number of hydrogen-bond acceptors (Lipinski definition) is 2. The minimum Gasteiger partial charge on any atom is -0.396 e. The maximum atomic E-state index is 8.69. The first-order valence-corrected chi connectivity index (χ1v) is 6.07. The van der Waals surface area contributed by atoms with Gasteiger partial charge in [-0.05, 0) is 45.3 Å². The Labute approximate surface area is 98.9 Å². The summed E-state index contributed by atoms with van der Waals surface area (Å²) in [7, 11) is 2.14. The van der Waals surface area contributed by atoms with E-state index in [9.17, 15) is 0 Å². The summed E-state index contributed by atoms with van der Waals surface area (Å²) in [6, 6.07) is 8.75. The molecule has 2 heteroatoms. The van der Waals surface area contributed by atoms with Crippen molar-refractivity contribution in [1.82, 2.24) is 4.90 Å². The van der Waals surface area contributed by atoms with Crippen LogP contribution in [0.3, 0.4) is 0 Å². The lowest BCUT2D eigenvalue weighted by Crippen LogP contribution is -2.22. The molecule has 0 radical (unpaired) electrons. The van der Waals surface area contributed by atoms with E-state index in [0.717, 1.165) is 32.4 Å². The summed E-state index contributed by atoms with van der Waals surface area (Å²) in [5.74, 6) is 0. The smallest absolute Gasteiger partial charge is 0.0431 e. The van der Waals surface area contributed by atoms with E-state index in [1.165, 1.54) is 11.1 Å². The molecule has 1 N–H and O–H groups in total. The zero-order valence-corrected chi connectivity index (χ0v) is 10.4. The Morgan fingerprint density at radius 1 is 1.06 bits per heavy atom. The van der Waals surface area contributed by atoms with Gasteiger partial charge in [-0.2, -0.15) is 0 Å². The Bertz CT molecular complexity index is 281. The van der Waals surface area contributed by atoms with E-state index in [2.05, 4.69) is 43.1 Å². The van der Waals surface area contributed by atoms with Crippen LogP contribution in [0.5, 0.6) is 0 Å². The third-order valence-electron chi connectivity index (χ3n) is 2.85. The fourth-order valence-corrected chi connectivity index (χ4v) is 1.68. The summed E-state index contributed by atoms with van der Waals surface area (Å²) < 4.78 is 0.